The fourth-order valence-corrected chi connectivity index (χ4v) is 10.5. The Morgan fingerprint density at radius 2 is 1.05 bits per heavy atom. The van der Waals surface area contributed by atoms with Crippen molar-refractivity contribution in [3.63, 3.8) is 0 Å². The van der Waals surface area contributed by atoms with Gasteiger partial charge in [-0.05, 0) is 139 Å². The summed E-state index contributed by atoms with van der Waals surface area (Å²) in [4.78, 5) is 5.07. The Hall–Kier alpha value is -7.42. The molecule has 0 saturated carbocycles. The molecule has 0 fully saturated rings. The maximum Gasteiger partial charge on any atom is 0.0638 e. The van der Waals surface area contributed by atoms with Crippen molar-refractivity contribution in [1.29, 1.82) is 0 Å². The van der Waals surface area contributed by atoms with Crippen molar-refractivity contribution in [3.05, 3.63) is 234 Å². The third kappa shape index (κ3) is 5.70. The van der Waals surface area contributed by atoms with E-state index in [1.807, 2.05) is 0 Å². The highest BCUT2D eigenvalue weighted by Gasteiger charge is 2.38. The van der Waals surface area contributed by atoms with E-state index in [9.17, 15) is 0 Å². The SMILES string of the molecule is CC1(C)c2ccccc2-c2cc3c(cc21)C=Cc1cc(C2=CC=C4c5ccccc5N(c5ccccc5)C4C2)ccc1N3c1cc(-c2ccccc2)cc(-c2ccccc2)c1. The van der Waals surface area contributed by atoms with Crippen LogP contribution in [0.4, 0.5) is 28.4 Å². The van der Waals surface area contributed by atoms with Crippen LogP contribution in [0.15, 0.2) is 200 Å². The zero-order valence-corrected chi connectivity index (χ0v) is 34.4. The van der Waals surface area contributed by atoms with Crippen molar-refractivity contribution in [3.8, 4) is 33.4 Å². The normalized spacial score (nSPS) is 16.3. The van der Waals surface area contributed by atoms with Crippen LogP contribution in [0, 0.1) is 0 Å². The standard InChI is InChI=1S/C59H44N2/c1-59(2)53-24-14-12-22-49(53)52-38-57-44(36-54(52)59)27-26-43-32-41(42-28-30-51-50-23-13-15-25-56(50)60(58(51)37-42)47-20-10-5-11-21-47)29-31-55(43)61(57)48-34-45(39-16-6-3-7-17-39)33-46(35-48)40-18-8-4-9-19-40/h3-36,38,58H,37H2,1-2H3. The first kappa shape index (κ1) is 35.5. The topological polar surface area (TPSA) is 6.48 Å². The Balaban J connectivity index is 1.04. The van der Waals surface area contributed by atoms with Gasteiger partial charge >= 0.3 is 0 Å². The number of hydrogen-bond donors (Lipinski definition) is 0. The average molecular weight is 781 g/mol. The smallest absolute Gasteiger partial charge is 0.0638 e. The van der Waals surface area contributed by atoms with E-state index in [0.717, 1.165) is 12.1 Å². The van der Waals surface area contributed by atoms with Crippen molar-refractivity contribution in [1.82, 2.24) is 0 Å². The van der Waals surface area contributed by atoms with Crippen molar-refractivity contribution >= 4 is 51.7 Å². The molecule has 1 unspecified atom stereocenters. The molecule has 2 heterocycles. The van der Waals surface area contributed by atoms with Gasteiger partial charge in [-0.15, -0.1) is 0 Å². The monoisotopic (exact) mass is 780 g/mol. The fraction of sp³-hybridized carbons (Fsp3) is 0.0847. The summed E-state index contributed by atoms with van der Waals surface area (Å²) in [5.41, 5.74) is 23.8. The first-order valence-electron chi connectivity index (χ1n) is 21.5. The molecule has 290 valence electrons. The van der Waals surface area contributed by atoms with Gasteiger partial charge in [0.05, 0.1) is 17.4 Å². The highest BCUT2D eigenvalue weighted by atomic mass is 15.2. The molecule has 8 aromatic rings. The summed E-state index contributed by atoms with van der Waals surface area (Å²) in [5, 5.41) is 0. The minimum Gasteiger partial charge on any atom is -0.333 e. The average Bonchev–Trinajstić information content (AvgIpc) is 3.69. The summed E-state index contributed by atoms with van der Waals surface area (Å²) in [6.45, 7) is 4.75. The van der Waals surface area contributed by atoms with E-state index in [-0.39, 0.29) is 11.5 Å². The number of rotatable bonds is 5. The molecule has 0 radical (unpaired) electrons. The second-order valence-corrected chi connectivity index (χ2v) is 17.3. The van der Waals surface area contributed by atoms with Crippen LogP contribution >= 0.6 is 0 Å². The van der Waals surface area contributed by atoms with Crippen LogP contribution in [0.1, 0.15) is 53.6 Å². The molecule has 2 heteroatoms. The van der Waals surface area contributed by atoms with Crippen LogP contribution < -0.4 is 9.80 Å². The summed E-state index contributed by atoms with van der Waals surface area (Å²) < 4.78 is 0. The molecule has 0 saturated heterocycles. The summed E-state index contributed by atoms with van der Waals surface area (Å²) in [6.07, 6.45) is 10.4. The van der Waals surface area contributed by atoms with Gasteiger partial charge in [-0.2, -0.15) is 0 Å². The molecular weight excluding hydrogens is 737 g/mol. The second-order valence-electron chi connectivity index (χ2n) is 17.3. The Morgan fingerprint density at radius 1 is 0.426 bits per heavy atom. The van der Waals surface area contributed by atoms with Crippen LogP contribution in [0.5, 0.6) is 0 Å². The molecular formula is C59H44N2. The van der Waals surface area contributed by atoms with Gasteiger partial charge in [-0.3, -0.25) is 0 Å². The van der Waals surface area contributed by atoms with Gasteiger partial charge in [0.15, 0.2) is 0 Å². The highest BCUT2D eigenvalue weighted by molar-refractivity contribution is 6.00. The first-order valence-corrected chi connectivity index (χ1v) is 21.5. The van der Waals surface area contributed by atoms with Crippen LogP contribution in [-0.4, -0.2) is 6.04 Å². The molecule has 2 nitrogen and oxygen atoms in total. The van der Waals surface area contributed by atoms with Gasteiger partial charge in [-0.25, -0.2) is 0 Å². The lowest BCUT2D eigenvalue weighted by molar-refractivity contribution is 0.660. The Bertz CT molecular complexity index is 3070. The van der Waals surface area contributed by atoms with E-state index >= 15 is 0 Å². The highest BCUT2D eigenvalue weighted by Crippen LogP contribution is 2.54. The van der Waals surface area contributed by atoms with Gasteiger partial charge in [0, 0.05) is 28.0 Å². The van der Waals surface area contributed by atoms with Crippen LogP contribution in [0.2, 0.25) is 0 Å². The van der Waals surface area contributed by atoms with Gasteiger partial charge in [-0.1, -0.05) is 166 Å². The number of hydrogen-bond acceptors (Lipinski definition) is 2. The summed E-state index contributed by atoms with van der Waals surface area (Å²) >= 11 is 0. The number of anilines is 5. The minimum atomic E-state index is -0.104. The molecule has 0 N–H and O–H groups in total. The van der Waals surface area contributed by atoms with Crippen molar-refractivity contribution in [2.24, 2.45) is 0 Å². The molecule has 0 aromatic heterocycles. The van der Waals surface area contributed by atoms with E-state index < -0.39 is 0 Å². The lowest BCUT2D eigenvalue weighted by Crippen LogP contribution is -2.28. The van der Waals surface area contributed by atoms with E-state index in [1.54, 1.807) is 0 Å². The zero-order valence-electron chi connectivity index (χ0n) is 34.4. The summed E-state index contributed by atoms with van der Waals surface area (Å²) in [5.74, 6) is 0. The van der Waals surface area contributed by atoms with Gasteiger partial charge in [0.1, 0.15) is 0 Å². The molecule has 0 amide bonds. The molecule has 8 aromatic carbocycles. The summed E-state index contributed by atoms with van der Waals surface area (Å²) in [6, 6.07) is 69.7. The number of para-hydroxylation sites is 2. The Kier molecular flexibility index (Phi) is 8.05. The number of fused-ring (bicyclic) bond motifs is 8. The summed E-state index contributed by atoms with van der Waals surface area (Å²) in [7, 11) is 0. The number of nitrogens with zero attached hydrogens (tertiary/aromatic N) is 2. The predicted octanol–water partition coefficient (Wildman–Crippen LogP) is 15.7. The third-order valence-electron chi connectivity index (χ3n) is 13.5. The molecule has 2 aliphatic heterocycles. The van der Waals surface area contributed by atoms with E-state index in [0.29, 0.717) is 0 Å². The first-order chi connectivity index (χ1) is 30.0. The van der Waals surface area contributed by atoms with Crippen molar-refractivity contribution in [2.45, 2.75) is 31.7 Å². The van der Waals surface area contributed by atoms with E-state index in [2.05, 4.69) is 236 Å². The molecule has 12 rings (SSSR count). The largest absolute Gasteiger partial charge is 0.333 e. The fourth-order valence-electron chi connectivity index (χ4n) is 10.5. The zero-order chi connectivity index (χ0) is 40.7. The maximum atomic E-state index is 2.54. The molecule has 61 heavy (non-hydrogen) atoms. The van der Waals surface area contributed by atoms with Gasteiger partial charge in [0.2, 0.25) is 0 Å². The second kappa shape index (κ2) is 13.8. The van der Waals surface area contributed by atoms with Crippen molar-refractivity contribution in [2.75, 3.05) is 9.80 Å². The third-order valence-corrected chi connectivity index (χ3v) is 13.5. The van der Waals surface area contributed by atoms with Crippen LogP contribution in [0.3, 0.4) is 0 Å². The molecule has 2 aliphatic carbocycles. The van der Waals surface area contributed by atoms with Crippen molar-refractivity contribution < 1.29 is 0 Å². The Labute approximate surface area is 358 Å². The lowest BCUT2D eigenvalue weighted by Gasteiger charge is -2.31. The minimum absolute atomic E-state index is 0.104. The molecule has 1 atom stereocenters. The van der Waals surface area contributed by atoms with Crippen LogP contribution in [-0.2, 0) is 5.41 Å². The predicted molar refractivity (Wildman–Crippen MR) is 258 cm³/mol. The molecule has 0 spiro atoms. The van der Waals surface area contributed by atoms with Gasteiger partial charge in [0.25, 0.3) is 0 Å². The Morgan fingerprint density at radius 3 is 1.77 bits per heavy atom. The molecule has 4 aliphatic rings. The van der Waals surface area contributed by atoms with E-state index in [4.69, 9.17) is 0 Å². The lowest BCUT2D eigenvalue weighted by atomic mass is 9.82. The number of allylic oxidation sites excluding steroid dienone is 2. The van der Waals surface area contributed by atoms with E-state index in [1.165, 1.54) is 101 Å². The quantitative estimate of drug-likeness (QED) is 0.172. The number of benzene rings is 8. The van der Waals surface area contributed by atoms with Gasteiger partial charge < -0.3 is 9.80 Å². The van der Waals surface area contributed by atoms with Crippen LogP contribution in [0.25, 0.3) is 56.7 Å². The molecule has 0 bridgehead atoms. The maximum absolute atomic E-state index is 2.54.